The molecule has 2 heterocycles. The van der Waals surface area contributed by atoms with Crippen molar-refractivity contribution in [1.29, 1.82) is 0 Å². The molecule has 0 amide bonds. The first-order valence-corrected chi connectivity index (χ1v) is 7.73. The maximum absolute atomic E-state index is 11.6. The molecule has 24 heavy (non-hydrogen) atoms. The number of aromatic nitrogens is 2. The van der Waals surface area contributed by atoms with Gasteiger partial charge in [0.2, 0.25) is 0 Å². The molecule has 3 aromatic rings. The van der Waals surface area contributed by atoms with Crippen LogP contribution in [0.3, 0.4) is 0 Å². The third-order valence-electron chi connectivity index (χ3n) is 3.55. The zero-order valence-electron chi connectivity index (χ0n) is 13.6. The molecule has 0 fully saturated rings. The molecular formula is C18H19N3O3. The summed E-state index contributed by atoms with van der Waals surface area (Å²) in [7, 11) is 0. The highest BCUT2D eigenvalue weighted by Gasteiger charge is 2.14. The van der Waals surface area contributed by atoms with E-state index in [-0.39, 0.29) is 11.8 Å². The van der Waals surface area contributed by atoms with Crippen molar-refractivity contribution < 1.29 is 14.6 Å². The van der Waals surface area contributed by atoms with Gasteiger partial charge in [-0.2, -0.15) is 0 Å². The van der Waals surface area contributed by atoms with Gasteiger partial charge in [-0.25, -0.2) is 9.78 Å². The van der Waals surface area contributed by atoms with Gasteiger partial charge < -0.3 is 15.2 Å². The molecule has 0 spiro atoms. The number of carbonyl (C=O) groups is 1. The first kappa shape index (κ1) is 15.9. The van der Waals surface area contributed by atoms with E-state index < -0.39 is 5.97 Å². The molecule has 124 valence electrons. The largest absolute Gasteiger partial charge is 0.491 e. The minimum Gasteiger partial charge on any atom is -0.491 e. The van der Waals surface area contributed by atoms with Gasteiger partial charge in [0.25, 0.3) is 0 Å². The van der Waals surface area contributed by atoms with Crippen molar-refractivity contribution in [2.45, 2.75) is 26.5 Å². The lowest BCUT2D eigenvalue weighted by Gasteiger charge is -2.13. The minimum atomic E-state index is -0.998. The zero-order valence-corrected chi connectivity index (χ0v) is 13.6. The summed E-state index contributed by atoms with van der Waals surface area (Å²) < 4.78 is 7.17. The molecule has 0 aliphatic carbocycles. The van der Waals surface area contributed by atoms with Crippen LogP contribution in [0.5, 0.6) is 5.75 Å². The predicted molar refractivity (Wildman–Crippen MR) is 91.7 cm³/mol. The van der Waals surface area contributed by atoms with E-state index in [9.17, 15) is 9.90 Å². The van der Waals surface area contributed by atoms with Crippen molar-refractivity contribution in [2.75, 3.05) is 5.32 Å². The number of carboxylic acid groups (broad SMARTS) is 1. The van der Waals surface area contributed by atoms with E-state index in [1.807, 2.05) is 38.1 Å². The smallest absolute Gasteiger partial charge is 0.355 e. The molecule has 0 bridgehead atoms. The second-order valence-corrected chi connectivity index (χ2v) is 5.72. The van der Waals surface area contributed by atoms with Crippen molar-refractivity contribution >= 4 is 17.3 Å². The van der Waals surface area contributed by atoms with E-state index in [0.29, 0.717) is 17.9 Å². The summed E-state index contributed by atoms with van der Waals surface area (Å²) >= 11 is 0. The van der Waals surface area contributed by atoms with Crippen LogP contribution in [0.15, 0.2) is 48.8 Å². The van der Waals surface area contributed by atoms with Crippen LogP contribution in [0.2, 0.25) is 0 Å². The molecule has 0 aliphatic heterocycles. The molecule has 0 unspecified atom stereocenters. The highest BCUT2D eigenvalue weighted by Crippen LogP contribution is 2.20. The van der Waals surface area contributed by atoms with Gasteiger partial charge in [0.05, 0.1) is 11.8 Å². The Morgan fingerprint density at radius 1 is 1.25 bits per heavy atom. The van der Waals surface area contributed by atoms with Crippen molar-refractivity contribution in [3.05, 3.63) is 60.0 Å². The van der Waals surface area contributed by atoms with E-state index in [2.05, 4.69) is 10.3 Å². The van der Waals surface area contributed by atoms with E-state index in [0.717, 1.165) is 11.3 Å². The van der Waals surface area contributed by atoms with E-state index >= 15 is 0 Å². The van der Waals surface area contributed by atoms with Crippen LogP contribution in [-0.2, 0) is 6.54 Å². The van der Waals surface area contributed by atoms with Crippen LogP contribution in [0.25, 0.3) is 5.65 Å². The highest BCUT2D eigenvalue weighted by molar-refractivity contribution is 5.93. The van der Waals surface area contributed by atoms with Crippen molar-refractivity contribution in [2.24, 2.45) is 0 Å². The molecule has 0 saturated carbocycles. The van der Waals surface area contributed by atoms with Crippen molar-refractivity contribution in [3.8, 4) is 5.75 Å². The summed E-state index contributed by atoms with van der Waals surface area (Å²) in [6.07, 6.45) is 3.36. The number of imidazole rings is 1. The number of nitrogens with zero attached hydrogens (tertiary/aromatic N) is 2. The monoisotopic (exact) mass is 325 g/mol. The van der Waals surface area contributed by atoms with Crippen LogP contribution < -0.4 is 10.1 Å². The summed E-state index contributed by atoms with van der Waals surface area (Å²) in [5.74, 6) is -0.179. The van der Waals surface area contributed by atoms with Crippen molar-refractivity contribution in [3.63, 3.8) is 0 Å². The van der Waals surface area contributed by atoms with Gasteiger partial charge in [-0.05, 0) is 43.7 Å². The SMILES string of the molecule is CC(C)Oc1ccc(CNc2ccc3nccn3c2C(=O)O)cc1. The summed E-state index contributed by atoms with van der Waals surface area (Å²) in [5.41, 5.74) is 2.36. The maximum atomic E-state index is 11.6. The fourth-order valence-corrected chi connectivity index (χ4v) is 2.51. The molecule has 0 aliphatic rings. The lowest BCUT2D eigenvalue weighted by molar-refractivity contribution is 0.0690. The quantitative estimate of drug-likeness (QED) is 0.726. The highest BCUT2D eigenvalue weighted by atomic mass is 16.5. The molecule has 2 N–H and O–H groups in total. The molecule has 0 saturated heterocycles. The topological polar surface area (TPSA) is 75.9 Å². The number of carboxylic acids is 1. The van der Waals surface area contributed by atoms with E-state index in [1.165, 1.54) is 0 Å². The van der Waals surface area contributed by atoms with E-state index in [4.69, 9.17) is 4.74 Å². The van der Waals surface area contributed by atoms with Gasteiger partial charge >= 0.3 is 5.97 Å². The summed E-state index contributed by atoms with van der Waals surface area (Å²) in [5, 5.41) is 12.7. The summed E-state index contributed by atoms with van der Waals surface area (Å²) in [6.45, 7) is 4.48. The molecule has 2 aromatic heterocycles. The number of aromatic carboxylic acids is 1. The second-order valence-electron chi connectivity index (χ2n) is 5.72. The van der Waals surface area contributed by atoms with Crippen LogP contribution in [0.1, 0.15) is 29.9 Å². The number of rotatable bonds is 6. The van der Waals surface area contributed by atoms with Crippen LogP contribution in [0, 0.1) is 0 Å². The fourth-order valence-electron chi connectivity index (χ4n) is 2.51. The molecule has 1 aromatic carbocycles. The number of ether oxygens (including phenoxy) is 1. The van der Waals surface area contributed by atoms with Crippen LogP contribution in [0.4, 0.5) is 5.69 Å². The number of benzene rings is 1. The summed E-state index contributed by atoms with van der Waals surface area (Å²) in [6, 6.07) is 11.3. The van der Waals surface area contributed by atoms with Gasteiger partial charge in [-0.3, -0.25) is 4.40 Å². The lowest BCUT2D eigenvalue weighted by Crippen LogP contribution is -2.11. The average Bonchev–Trinajstić information content (AvgIpc) is 3.01. The Bertz CT molecular complexity index is 854. The zero-order chi connectivity index (χ0) is 17.1. The van der Waals surface area contributed by atoms with Crippen LogP contribution in [-0.4, -0.2) is 26.6 Å². The van der Waals surface area contributed by atoms with Crippen LogP contribution >= 0.6 is 0 Å². The first-order chi connectivity index (χ1) is 11.5. The third kappa shape index (κ3) is 3.32. The standard InChI is InChI=1S/C18H19N3O3/c1-12(2)24-14-5-3-13(4-6-14)11-20-15-7-8-16-19-9-10-21(16)17(15)18(22)23/h3-10,12,20H,11H2,1-2H3,(H,22,23). The number of nitrogens with one attached hydrogen (secondary N) is 1. The molecule has 0 atom stereocenters. The van der Waals surface area contributed by atoms with Gasteiger partial charge in [-0.1, -0.05) is 12.1 Å². The lowest BCUT2D eigenvalue weighted by atomic mass is 10.2. The normalized spacial score (nSPS) is 11.0. The Morgan fingerprint density at radius 2 is 2.00 bits per heavy atom. The molecular weight excluding hydrogens is 306 g/mol. The van der Waals surface area contributed by atoms with E-state index in [1.54, 1.807) is 28.9 Å². The minimum absolute atomic E-state index is 0.133. The molecule has 0 radical (unpaired) electrons. The average molecular weight is 325 g/mol. The second kappa shape index (κ2) is 6.62. The Labute approximate surface area is 139 Å². The number of anilines is 1. The number of fused-ring (bicyclic) bond motifs is 1. The number of hydrogen-bond acceptors (Lipinski definition) is 4. The molecule has 3 rings (SSSR count). The Hall–Kier alpha value is -3.02. The number of pyridine rings is 1. The Balaban J connectivity index is 1.78. The maximum Gasteiger partial charge on any atom is 0.355 e. The van der Waals surface area contributed by atoms with Gasteiger partial charge in [-0.15, -0.1) is 0 Å². The van der Waals surface area contributed by atoms with Gasteiger partial charge in [0.1, 0.15) is 11.4 Å². The fraction of sp³-hybridized carbons (Fsp3) is 0.222. The number of hydrogen-bond donors (Lipinski definition) is 2. The van der Waals surface area contributed by atoms with Gasteiger partial charge in [0, 0.05) is 18.9 Å². The Morgan fingerprint density at radius 3 is 2.67 bits per heavy atom. The third-order valence-corrected chi connectivity index (χ3v) is 3.55. The first-order valence-electron chi connectivity index (χ1n) is 7.73. The van der Waals surface area contributed by atoms with Crippen molar-refractivity contribution in [1.82, 2.24) is 9.38 Å². The molecule has 6 nitrogen and oxygen atoms in total. The predicted octanol–water partition coefficient (Wildman–Crippen LogP) is 3.43. The Kier molecular flexibility index (Phi) is 4.37. The van der Waals surface area contributed by atoms with Gasteiger partial charge in [0.15, 0.2) is 5.69 Å². The molecule has 6 heteroatoms. The summed E-state index contributed by atoms with van der Waals surface area (Å²) in [4.78, 5) is 15.7.